The van der Waals surface area contributed by atoms with E-state index in [2.05, 4.69) is 10.1 Å². The average Bonchev–Trinajstić information content (AvgIpc) is 2.82. The molecule has 0 spiro atoms. The zero-order chi connectivity index (χ0) is 15.5. The molecule has 2 aromatic rings. The highest BCUT2D eigenvalue weighted by atomic mass is 19.4. The van der Waals surface area contributed by atoms with Crippen molar-refractivity contribution in [1.82, 2.24) is 10.1 Å². The van der Waals surface area contributed by atoms with E-state index in [-0.39, 0.29) is 24.8 Å². The fourth-order valence-electron chi connectivity index (χ4n) is 1.78. The van der Waals surface area contributed by atoms with E-state index in [0.717, 1.165) is 6.07 Å². The van der Waals surface area contributed by atoms with Gasteiger partial charge in [-0.15, -0.1) is 0 Å². The number of hydrogen-bond acceptors (Lipinski definition) is 5. The summed E-state index contributed by atoms with van der Waals surface area (Å²) in [6, 6.07) is 3.87. The van der Waals surface area contributed by atoms with Crippen molar-refractivity contribution in [3.05, 3.63) is 41.0 Å². The number of hydrogen-bond donors (Lipinski definition) is 1. The molecule has 5 nitrogen and oxygen atoms in total. The first-order valence-corrected chi connectivity index (χ1v) is 6.22. The summed E-state index contributed by atoms with van der Waals surface area (Å²) in [7, 11) is 0. The monoisotopic (exact) mass is 301 g/mol. The van der Waals surface area contributed by atoms with Gasteiger partial charge < -0.3 is 15.0 Å². The topological polar surface area (TPSA) is 74.2 Å². The van der Waals surface area contributed by atoms with E-state index in [1.54, 1.807) is 13.0 Å². The maximum Gasteiger partial charge on any atom is 0.419 e. The predicted octanol–water partition coefficient (Wildman–Crippen LogP) is 2.48. The van der Waals surface area contributed by atoms with Crippen LogP contribution in [-0.4, -0.2) is 16.7 Å². The summed E-state index contributed by atoms with van der Waals surface area (Å²) in [4.78, 5) is 3.86. The van der Waals surface area contributed by atoms with Gasteiger partial charge in [-0.25, -0.2) is 0 Å². The van der Waals surface area contributed by atoms with E-state index in [9.17, 15) is 13.2 Å². The van der Waals surface area contributed by atoms with Crippen LogP contribution in [0.4, 0.5) is 13.2 Å². The highest BCUT2D eigenvalue weighted by Crippen LogP contribution is 2.37. The Bertz CT molecular complexity index is 611. The normalized spacial score (nSPS) is 11.7. The van der Waals surface area contributed by atoms with Crippen LogP contribution in [0.5, 0.6) is 5.75 Å². The molecular weight excluding hydrogens is 287 g/mol. The fourth-order valence-corrected chi connectivity index (χ4v) is 1.78. The van der Waals surface area contributed by atoms with Crippen LogP contribution >= 0.6 is 0 Å². The van der Waals surface area contributed by atoms with Crippen molar-refractivity contribution in [2.45, 2.75) is 26.1 Å². The van der Waals surface area contributed by atoms with Crippen molar-refractivity contribution in [3.63, 3.8) is 0 Å². The highest BCUT2D eigenvalue weighted by molar-refractivity contribution is 5.39. The minimum absolute atomic E-state index is 0.117. The second-order valence-electron chi connectivity index (χ2n) is 4.39. The first kappa shape index (κ1) is 15.3. The molecule has 21 heavy (non-hydrogen) atoms. The molecule has 0 aliphatic carbocycles. The van der Waals surface area contributed by atoms with Gasteiger partial charge in [0.2, 0.25) is 0 Å². The molecule has 0 fully saturated rings. The first-order valence-electron chi connectivity index (χ1n) is 6.22. The van der Waals surface area contributed by atoms with Gasteiger partial charge in [0.25, 0.3) is 5.89 Å². The van der Waals surface area contributed by atoms with Crippen molar-refractivity contribution in [1.29, 1.82) is 0 Å². The van der Waals surface area contributed by atoms with Gasteiger partial charge in [0.1, 0.15) is 5.75 Å². The van der Waals surface area contributed by atoms with E-state index in [1.165, 1.54) is 6.07 Å². The molecule has 2 N–H and O–H groups in total. The Balaban J connectivity index is 2.21. The Labute approximate surface area is 118 Å². The molecule has 1 aromatic carbocycles. The maximum absolute atomic E-state index is 13.0. The number of ether oxygens (including phenoxy) is 1. The summed E-state index contributed by atoms with van der Waals surface area (Å²) in [5, 5.41) is 3.54. The van der Waals surface area contributed by atoms with Crippen molar-refractivity contribution < 1.29 is 22.4 Å². The lowest BCUT2D eigenvalue weighted by Gasteiger charge is -2.14. The number of aryl methyl sites for hydroxylation is 1. The minimum atomic E-state index is -4.51. The molecule has 0 aliphatic rings. The van der Waals surface area contributed by atoms with Crippen molar-refractivity contribution in [3.8, 4) is 5.75 Å². The molecule has 0 saturated heterocycles. The third kappa shape index (κ3) is 3.94. The van der Waals surface area contributed by atoms with Gasteiger partial charge in [-0.2, -0.15) is 18.2 Å². The standard InChI is InChI=1S/C13H14F3N3O2/c1-8-18-12(21-19-8)7-20-11-3-2-9(4-5-17)6-10(11)13(14,15)16/h2-3,6H,4-5,7,17H2,1H3. The molecule has 0 amide bonds. The molecule has 0 unspecified atom stereocenters. The van der Waals surface area contributed by atoms with Gasteiger partial charge >= 0.3 is 6.18 Å². The number of alkyl halides is 3. The molecule has 0 radical (unpaired) electrons. The second-order valence-corrected chi connectivity index (χ2v) is 4.39. The molecule has 114 valence electrons. The van der Waals surface area contributed by atoms with Gasteiger partial charge in [-0.3, -0.25) is 0 Å². The summed E-state index contributed by atoms with van der Waals surface area (Å²) in [6.45, 7) is 1.66. The molecule has 0 saturated carbocycles. The number of aromatic nitrogens is 2. The summed E-state index contributed by atoms with van der Waals surface area (Å²) < 4.78 is 49.0. The number of nitrogens with two attached hydrogens (primary N) is 1. The lowest BCUT2D eigenvalue weighted by molar-refractivity contribution is -0.139. The second kappa shape index (κ2) is 6.13. The van der Waals surface area contributed by atoms with E-state index in [1.807, 2.05) is 0 Å². The maximum atomic E-state index is 13.0. The third-order valence-corrected chi connectivity index (χ3v) is 2.70. The highest BCUT2D eigenvalue weighted by Gasteiger charge is 2.34. The van der Waals surface area contributed by atoms with Crippen LogP contribution in [-0.2, 0) is 19.2 Å². The van der Waals surface area contributed by atoms with Gasteiger partial charge in [0.05, 0.1) is 5.56 Å². The molecule has 0 bridgehead atoms. The molecule has 1 aromatic heterocycles. The third-order valence-electron chi connectivity index (χ3n) is 2.70. The molecule has 2 rings (SSSR count). The van der Waals surface area contributed by atoms with E-state index in [0.29, 0.717) is 17.8 Å². The Morgan fingerprint density at radius 3 is 2.67 bits per heavy atom. The van der Waals surface area contributed by atoms with Crippen molar-refractivity contribution in [2.24, 2.45) is 5.73 Å². The van der Waals surface area contributed by atoms with Gasteiger partial charge in [-0.05, 0) is 37.6 Å². The van der Waals surface area contributed by atoms with Crippen LogP contribution in [0.1, 0.15) is 22.8 Å². The summed E-state index contributed by atoms with van der Waals surface area (Å²) in [5.41, 5.74) is 5.02. The lowest BCUT2D eigenvalue weighted by Crippen LogP contribution is -2.11. The molecule has 1 heterocycles. The zero-order valence-corrected chi connectivity index (χ0v) is 11.3. The Morgan fingerprint density at radius 1 is 1.33 bits per heavy atom. The summed E-state index contributed by atoms with van der Waals surface area (Å²) >= 11 is 0. The van der Waals surface area contributed by atoms with Gasteiger partial charge in [-0.1, -0.05) is 11.2 Å². The van der Waals surface area contributed by atoms with Crippen molar-refractivity contribution >= 4 is 0 Å². The zero-order valence-electron chi connectivity index (χ0n) is 11.3. The molecule has 0 atom stereocenters. The van der Waals surface area contributed by atoms with Crippen LogP contribution in [0, 0.1) is 6.92 Å². The van der Waals surface area contributed by atoms with Crippen LogP contribution in [0.25, 0.3) is 0 Å². The van der Waals surface area contributed by atoms with Crippen LogP contribution in [0.15, 0.2) is 22.7 Å². The number of halogens is 3. The van der Waals surface area contributed by atoms with Crippen LogP contribution in [0.2, 0.25) is 0 Å². The summed E-state index contributed by atoms with van der Waals surface area (Å²) in [6.07, 6.45) is -4.14. The van der Waals surface area contributed by atoms with Crippen LogP contribution < -0.4 is 10.5 Å². The largest absolute Gasteiger partial charge is 0.483 e. The van der Waals surface area contributed by atoms with E-state index >= 15 is 0 Å². The Hall–Kier alpha value is -2.09. The van der Waals surface area contributed by atoms with E-state index < -0.39 is 11.7 Å². The Kier molecular flexibility index (Phi) is 4.46. The Morgan fingerprint density at radius 2 is 2.10 bits per heavy atom. The first-order chi connectivity index (χ1) is 9.90. The molecule has 8 heteroatoms. The van der Waals surface area contributed by atoms with E-state index in [4.69, 9.17) is 15.0 Å². The lowest BCUT2D eigenvalue weighted by atomic mass is 10.1. The van der Waals surface area contributed by atoms with Crippen molar-refractivity contribution in [2.75, 3.05) is 6.54 Å². The predicted molar refractivity (Wildman–Crippen MR) is 67.6 cm³/mol. The molecule has 0 aliphatic heterocycles. The molecular formula is C13H14F3N3O2. The number of nitrogens with zero attached hydrogens (tertiary/aromatic N) is 2. The quantitative estimate of drug-likeness (QED) is 0.918. The summed E-state index contributed by atoms with van der Waals surface area (Å²) in [5.74, 6) is 0.230. The number of rotatable bonds is 5. The van der Waals surface area contributed by atoms with Gasteiger partial charge in [0, 0.05) is 0 Å². The number of benzene rings is 1. The van der Waals surface area contributed by atoms with Crippen LogP contribution in [0.3, 0.4) is 0 Å². The smallest absolute Gasteiger partial charge is 0.419 e. The average molecular weight is 301 g/mol. The SMILES string of the molecule is Cc1noc(COc2ccc(CCN)cc2C(F)(F)F)n1. The van der Waals surface area contributed by atoms with Gasteiger partial charge in [0.15, 0.2) is 12.4 Å². The minimum Gasteiger partial charge on any atom is -0.483 e. The fraction of sp³-hybridized carbons (Fsp3) is 0.385.